The summed E-state index contributed by atoms with van der Waals surface area (Å²) in [4.78, 5) is 8.88. The van der Waals surface area contributed by atoms with Crippen LogP contribution < -0.4 is 29.0 Å². The molecule has 0 spiro atoms. The predicted molar refractivity (Wildman–Crippen MR) is 103 cm³/mol. The van der Waals surface area contributed by atoms with Gasteiger partial charge in [-0.15, -0.1) is 0 Å². The van der Waals surface area contributed by atoms with Crippen molar-refractivity contribution in [3.05, 3.63) is 42.6 Å². The molecule has 1 aromatic heterocycles. The fourth-order valence-electron chi connectivity index (χ4n) is 2.91. The van der Waals surface area contributed by atoms with Crippen molar-refractivity contribution in [2.75, 3.05) is 33.4 Å². The first-order valence-corrected chi connectivity index (χ1v) is 8.52. The lowest BCUT2D eigenvalue weighted by Crippen LogP contribution is -1.99. The van der Waals surface area contributed by atoms with Crippen LogP contribution in [0.3, 0.4) is 0 Å². The molecule has 0 unspecified atom stereocenters. The summed E-state index contributed by atoms with van der Waals surface area (Å²) in [6.07, 6.45) is 1.68. The number of anilines is 2. The van der Waals surface area contributed by atoms with Crippen LogP contribution in [0.5, 0.6) is 28.7 Å². The number of benzene rings is 2. The van der Waals surface area contributed by atoms with Gasteiger partial charge in [-0.05, 0) is 30.3 Å². The molecule has 28 heavy (non-hydrogen) atoms. The Morgan fingerprint density at radius 3 is 2.36 bits per heavy atom. The zero-order valence-corrected chi connectivity index (χ0v) is 15.7. The van der Waals surface area contributed by atoms with Crippen LogP contribution in [0.4, 0.5) is 11.6 Å². The van der Waals surface area contributed by atoms with Crippen molar-refractivity contribution in [2.45, 2.75) is 0 Å². The molecule has 0 atom stereocenters. The lowest BCUT2D eigenvalue weighted by Gasteiger charge is -2.14. The molecule has 1 N–H and O–H groups in total. The molecular weight excluding hydrogens is 362 g/mol. The van der Waals surface area contributed by atoms with E-state index in [2.05, 4.69) is 15.3 Å². The van der Waals surface area contributed by atoms with Crippen LogP contribution in [0.1, 0.15) is 0 Å². The van der Waals surface area contributed by atoms with E-state index in [1.165, 1.54) is 0 Å². The van der Waals surface area contributed by atoms with Crippen LogP contribution in [-0.4, -0.2) is 38.1 Å². The first kappa shape index (κ1) is 17.7. The highest BCUT2D eigenvalue weighted by Gasteiger charge is 2.16. The molecule has 8 nitrogen and oxygen atoms in total. The van der Waals surface area contributed by atoms with E-state index in [0.717, 1.165) is 17.0 Å². The summed E-state index contributed by atoms with van der Waals surface area (Å²) in [5.41, 5.74) is 2.31. The van der Waals surface area contributed by atoms with E-state index >= 15 is 0 Å². The van der Waals surface area contributed by atoms with Crippen LogP contribution in [0.15, 0.2) is 42.6 Å². The lowest BCUT2D eigenvalue weighted by atomic mass is 10.1. The minimum atomic E-state index is 0.228. The summed E-state index contributed by atoms with van der Waals surface area (Å²) >= 11 is 0. The first-order chi connectivity index (χ1) is 13.7. The van der Waals surface area contributed by atoms with E-state index < -0.39 is 0 Å². The third-order valence-corrected chi connectivity index (χ3v) is 4.24. The normalized spacial score (nSPS) is 11.8. The van der Waals surface area contributed by atoms with Crippen molar-refractivity contribution in [3.63, 3.8) is 0 Å². The molecule has 2 heterocycles. The average molecular weight is 381 g/mol. The number of methoxy groups -OCH3 is 3. The van der Waals surface area contributed by atoms with E-state index in [4.69, 9.17) is 23.7 Å². The maximum absolute atomic E-state index is 5.42. The van der Waals surface area contributed by atoms with Gasteiger partial charge in [-0.2, -0.15) is 0 Å². The second-order valence-electron chi connectivity index (χ2n) is 5.87. The monoisotopic (exact) mass is 381 g/mol. The number of rotatable bonds is 6. The number of fused-ring (bicyclic) bond motifs is 1. The molecule has 1 aliphatic rings. The molecule has 4 rings (SSSR count). The highest BCUT2D eigenvalue weighted by molar-refractivity contribution is 5.70. The highest BCUT2D eigenvalue weighted by atomic mass is 16.7. The molecule has 8 heteroatoms. The Labute approximate surface area is 162 Å². The van der Waals surface area contributed by atoms with E-state index in [-0.39, 0.29) is 6.79 Å². The van der Waals surface area contributed by atoms with Gasteiger partial charge in [0.2, 0.25) is 18.5 Å². The SMILES string of the molecule is COc1cc(-c2ccnc(Nc3ccc4c(c3)OCO4)n2)cc(OC)c1OC. The maximum Gasteiger partial charge on any atom is 0.231 e. The molecular formula is C20H19N3O5. The van der Waals surface area contributed by atoms with Gasteiger partial charge >= 0.3 is 0 Å². The molecule has 0 aliphatic carbocycles. The second kappa shape index (κ2) is 7.51. The van der Waals surface area contributed by atoms with Gasteiger partial charge < -0.3 is 29.0 Å². The van der Waals surface area contributed by atoms with Crippen molar-refractivity contribution in [2.24, 2.45) is 0 Å². The highest BCUT2D eigenvalue weighted by Crippen LogP contribution is 2.41. The second-order valence-corrected chi connectivity index (χ2v) is 5.87. The van der Waals surface area contributed by atoms with Gasteiger partial charge in [-0.3, -0.25) is 0 Å². The molecule has 3 aromatic rings. The number of aromatic nitrogens is 2. The number of nitrogens with zero attached hydrogens (tertiary/aromatic N) is 2. The third-order valence-electron chi connectivity index (χ3n) is 4.24. The molecule has 0 saturated heterocycles. The van der Waals surface area contributed by atoms with Crippen molar-refractivity contribution >= 4 is 11.6 Å². The molecule has 1 aliphatic heterocycles. The number of hydrogen-bond donors (Lipinski definition) is 1. The largest absolute Gasteiger partial charge is 0.493 e. The van der Waals surface area contributed by atoms with Gasteiger partial charge in [-0.25, -0.2) is 9.97 Å². The fourth-order valence-corrected chi connectivity index (χ4v) is 2.91. The zero-order valence-electron chi connectivity index (χ0n) is 15.7. The Balaban J connectivity index is 1.65. The average Bonchev–Trinajstić information content (AvgIpc) is 3.20. The number of ether oxygens (including phenoxy) is 5. The van der Waals surface area contributed by atoms with Crippen LogP contribution in [0, 0.1) is 0 Å². The summed E-state index contributed by atoms with van der Waals surface area (Å²) in [7, 11) is 4.72. The van der Waals surface area contributed by atoms with Gasteiger partial charge in [-0.1, -0.05) is 0 Å². The van der Waals surface area contributed by atoms with Crippen molar-refractivity contribution in [3.8, 4) is 40.0 Å². The third kappa shape index (κ3) is 3.32. The van der Waals surface area contributed by atoms with Crippen LogP contribution in [0.25, 0.3) is 11.3 Å². The minimum absolute atomic E-state index is 0.228. The van der Waals surface area contributed by atoms with Gasteiger partial charge in [0.1, 0.15) is 0 Å². The first-order valence-electron chi connectivity index (χ1n) is 8.52. The molecule has 0 radical (unpaired) electrons. The molecule has 0 amide bonds. The van der Waals surface area contributed by atoms with Crippen LogP contribution >= 0.6 is 0 Å². The standard InChI is InChI=1S/C20H19N3O5/c1-24-17-8-12(9-18(25-2)19(17)26-3)14-6-7-21-20(23-14)22-13-4-5-15-16(10-13)28-11-27-15/h4-10H,11H2,1-3H3,(H,21,22,23). The van der Waals surface area contributed by atoms with Gasteiger partial charge in [0.05, 0.1) is 27.0 Å². The summed E-state index contributed by atoms with van der Waals surface area (Å²) < 4.78 is 26.9. The molecule has 0 saturated carbocycles. The maximum atomic E-state index is 5.42. The Morgan fingerprint density at radius 1 is 0.893 bits per heavy atom. The van der Waals surface area contributed by atoms with Gasteiger partial charge in [0, 0.05) is 23.5 Å². The van der Waals surface area contributed by atoms with E-state index in [1.807, 2.05) is 36.4 Å². The van der Waals surface area contributed by atoms with Crippen molar-refractivity contribution in [1.29, 1.82) is 0 Å². The summed E-state index contributed by atoms with van der Waals surface area (Å²) in [5, 5.41) is 3.18. The number of nitrogens with one attached hydrogen (secondary N) is 1. The lowest BCUT2D eigenvalue weighted by molar-refractivity contribution is 0.174. The van der Waals surface area contributed by atoms with Crippen LogP contribution in [0.2, 0.25) is 0 Å². The smallest absolute Gasteiger partial charge is 0.231 e. The van der Waals surface area contributed by atoms with Crippen molar-refractivity contribution in [1.82, 2.24) is 9.97 Å². The van der Waals surface area contributed by atoms with E-state index in [0.29, 0.717) is 34.6 Å². The minimum Gasteiger partial charge on any atom is -0.493 e. The topological polar surface area (TPSA) is 84.0 Å². The predicted octanol–water partition coefficient (Wildman–Crippen LogP) is 3.64. The fraction of sp³-hybridized carbons (Fsp3) is 0.200. The Kier molecular flexibility index (Phi) is 4.76. The van der Waals surface area contributed by atoms with E-state index in [9.17, 15) is 0 Å². The summed E-state index contributed by atoms with van der Waals surface area (Å²) in [6.45, 7) is 0.228. The Hall–Kier alpha value is -3.68. The Morgan fingerprint density at radius 2 is 1.64 bits per heavy atom. The number of hydrogen-bond acceptors (Lipinski definition) is 8. The molecule has 0 fully saturated rings. The van der Waals surface area contributed by atoms with E-state index in [1.54, 1.807) is 27.5 Å². The molecule has 0 bridgehead atoms. The van der Waals surface area contributed by atoms with Crippen LogP contribution in [-0.2, 0) is 0 Å². The summed E-state index contributed by atoms with van der Waals surface area (Å²) in [5.74, 6) is 3.50. The quantitative estimate of drug-likeness (QED) is 0.693. The summed E-state index contributed by atoms with van der Waals surface area (Å²) in [6, 6.07) is 11.1. The van der Waals surface area contributed by atoms with Gasteiger partial charge in [0.25, 0.3) is 0 Å². The molecule has 144 valence electrons. The van der Waals surface area contributed by atoms with Crippen molar-refractivity contribution < 1.29 is 23.7 Å². The Bertz CT molecular complexity index is 984. The molecule has 2 aromatic carbocycles. The zero-order chi connectivity index (χ0) is 19.5. The van der Waals surface area contributed by atoms with Gasteiger partial charge in [0.15, 0.2) is 23.0 Å².